The monoisotopic (exact) mass is 171 g/mol. The average molecular weight is 171 g/mol. The van der Waals surface area contributed by atoms with Crippen LogP contribution in [0.4, 0.5) is 0 Å². The third kappa shape index (κ3) is 1.99. The van der Waals surface area contributed by atoms with Gasteiger partial charge in [-0.3, -0.25) is 0 Å². The van der Waals surface area contributed by atoms with Gasteiger partial charge in [0.1, 0.15) is 0 Å². The highest BCUT2D eigenvalue weighted by atomic mass is 16.3. The Bertz CT molecular complexity index is 138. The van der Waals surface area contributed by atoms with Crippen LogP contribution in [0, 0.1) is 5.92 Å². The van der Waals surface area contributed by atoms with E-state index in [2.05, 4.69) is 19.2 Å². The van der Waals surface area contributed by atoms with Gasteiger partial charge in [0.2, 0.25) is 0 Å². The Balaban J connectivity index is 2.43. The largest absolute Gasteiger partial charge is 0.388 e. The SMILES string of the molecule is CCNCC1(O)CCCC1CC. The van der Waals surface area contributed by atoms with Crippen LogP contribution in [-0.2, 0) is 0 Å². The van der Waals surface area contributed by atoms with E-state index in [0.717, 1.165) is 25.9 Å². The number of nitrogens with one attached hydrogen (secondary N) is 1. The summed E-state index contributed by atoms with van der Waals surface area (Å²) in [5.74, 6) is 0.525. The second-order valence-electron chi connectivity index (χ2n) is 3.88. The number of hydrogen-bond donors (Lipinski definition) is 2. The van der Waals surface area contributed by atoms with Crippen LogP contribution in [0.2, 0.25) is 0 Å². The van der Waals surface area contributed by atoms with Crippen molar-refractivity contribution in [3.63, 3.8) is 0 Å². The fourth-order valence-corrected chi connectivity index (χ4v) is 2.29. The van der Waals surface area contributed by atoms with Crippen LogP contribution in [0.5, 0.6) is 0 Å². The maximum absolute atomic E-state index is 10.2. The summed E-state index contributed by atoms with van der Waals surface area (Å²) in [6.07, 6.45) is 4.50. The van der Waals surface area contributed by atoms with Crippen molar-refractivity contribution in [1.82, 2.24) is 5.32 Å². The quantitative estimate of drug-likeness (QED) is 0.672. The Kier molecular flexibility index (Phi) is 3.53. The van der Waals surface area contributed by atoms with Crippen LogP contribution >= 0.6 is 0 Å². The van der Waals surface area contributed by atoms with Crippen LogP contribution in [0.3, 0.4) is 0 Å². The zero-order chi connectivity index (χ0) is 9.03. The first kappa shape index (κ1) is 10.0. The van der Waals surface area contributed by atoms with Gasteiger partial charge in [-0.2, -0.15) is 0 Å². The van der Waals surface area contributed by atoms with Crippen LogP contribution in [0.15, 0.2) is 0 Å². The molecule has 1 aliphatic rings. The normalized spacial score (nSPS) is 35.8. The summed E-state index contributed by atoms with van der Waals surface area (Å²) in [4.78, 5) is 0. The molecule has 1 aliphatic carbocycles. The van der Waals surface area contributed by atoms with Gasteiger partial charge >= 0.3 is 0 Å². The Morgan fingerprint density at radius 2 is 2.25 bits per heavy atom. The predicted octanol–water partition coefficient (Wildman–Crippen LogP) is 1.54. The summed E-state index contributed by atoms with van der Waals surface area (Å²) < 4.78 is 0. The summed E-state index contributed by atoms with van der Waals surface area (Å²) in [7, 11) is 0. The van der Waals surface area contributed by atoms with E-state index in [1.54, 1.807) is 0 Å². The molecule has 0 aromatic rings. The molecule has 12 heavy (non-hydrogen) atoms. The maximum Gasteiger partial charge on any atom is 0.0799 e. The minimum absolute atomic E-state index is 0.398. The van der Waals surface area contributed by atoms with Gasteiger partial charge in [0, 0.05) is 6.54 Å². The molecule has 0 aromatic heterocycles. The Labute approximate surface area is 75.4 Å². The topological polar surface area (TPSA) is 32.3 Å². The molecular weight excluding hydrogens is 150 g/mol. The highest BCUT2D eigenvalue weighted by Crippen LogP contribution is 2.37. The minimum atomic E-state index is -0.398. The molecule has 0 amide bonds. The molecule has 0 aromatic carbocycles. The zero-order valence-corrected chi connectivity index (χ0v) is 8.27. The van der Waals surface area contributed by atoms with Gasteiger partial charge in [-0.05, 0) is 25.3 Å². The standard InChI is InChI=1S/C10H21NO/c1-3-9-6-5-7-10(9,12)8-11-4-2/h9,11-12H,3-8H2,1-2H3. The highest BCUT2D eigenvalue weighted by molar-refractivity contribution is 4.93. The van der Waals surface area contributed by atoms with Gasteiger partial charge in [-0.1, -0.05) is 26.7 Å². The van der Waals surface area contributed by atoms with E-state index < -0.39 is 5.60 Å². The second-order valence-corrected chi connectivity index (χ2v) is 3.88. The van der Waals surface area contributed by atoms with E-state index in [0.29, 0.717) is 5.92 Å². The molecular formula is C10H21NO. The lowest BCUT2D eigenvalue weighted by molar-refractivity contribution is 0.00246. The fraction of sp³-hybridized carbons (Fsp3) is 1.00. The Morgan fingerprint density at radius 1 is 1.50 bits per heavy atom. The molecule has 0 radical (unpaired) electrons. The Hall–Kier alpha value is -0.0800. The fourth-order valence-electron chi connectivity index (χ4n) is 2.29. The number of likely N-dealkylation sites (N-methyl/N-ethyl adjacent to an activating group) is 1. The van der Waals surface area contributed by atoms with Crippen LogP contribution in [-0.4, -0.2) is 23.8 Å². The first-order valence-electron chi connectivity index (χ1n) is 5.16. The first-order valence-corrected chi connectivity index (χ1v) is 5.16. The van der Waals surface area contributed by atoms with E-state index in [1.807, 2.05) is 0 Å². The van der Waals surface area contributed by atoms with E-state index >= 15 is 0 Å². The van der Waals surface area contributed by atoms with Crippen molar-refractivity contribution >= 4 is 0 Å². The van der Waals surface area contributed by atoms with Gasteiger partial charge in [-0.25, -0.2) is 0 Å². The van der Waals surface area contributed by atoms with E-state index in [-0.39, 0.29) is 0 Å². The van der Waals surface area contributed by atoms with E-state index in [1.165, 1.54) is 12.8 Å². The zero-order valence-electron chi connectivity index (χ0n) is 8.27. The molecule has 2 heteroatoms. The first-order chi connectivity index (χ1) is 5.73. The lowest BCUT2D eigenvalue weighted by atomic mass is 9.89. The molecule has 2 nitrogen and oxygen atoms in total. The summed E-state index contributed by atoms with van der Waals surface area (Å²) in [5.41, 5.74) is -0.398. The summed E-state index contributed by atoms with van der Waals surface area (Å²) in [5, 5.41) is 13.5. The molecule has 2 unspecified atom stereocenters. The van der Waals surface area contributed by atoms with Crippen molar-refractivity contribution in [2.45, 2.75) is 45.1 Å². The van der Waals surface area contributed by atoms with E-state index in [4.69, 9.17) is 0 Å². The Morgan fingerprint density at radius 3 is 2.83 bits per heavy atom. The minimum Gasteiger partial charge on any atom is -0.388 e. The third-order valence-corrected chi connectivity index (χ3v) is 3.10. The van der Waals surface area contributed by atoms with Crippen LogP contribution in [0.1, 0.15) is 39.5 Å². The molecule has 72 valence electrons. The highest BCUT2D eigenvalue weighted by Gasteiger charge is 2.39. The van der Waals surface area contributed by atoms with Crippen LogP contribution < -0.4 is 5.32 Å². The number of rotatable bonds is 4. The van der Waals surface area contributed by atoms with Gasteiger partial charge in [-0.15, -0.1) is 0 Å². The van der Waals surface area contributed by atoms with Crippen molar-refractivity contribution in [3.05, 3.63) is 0 Å². The van der Waals surface area contributed by atoms with Crippen molar-refractivity contribution in [3.8, 4) is 0 Å². The molecule has 0 spiro atoms. The van der Waals surface area contributed by atoms with Gasteiger partial charge in [0.15, 0.2) is 0 Å². The smallest absolute Gasteiger partial charge is 0.0799 e. The van der Waals surface area contributed by atoms with Crippen molar-refractivity contribution in [2.24, 2.45) is 5.92 Å². The van der Waals surface area contributed by atoms with Crippen molar-refractivity contribution < 1.29 is 5.11 Å². The third-order valence-electron chi connectivity index (χ3n) is 3.10. The van der Waals surface area contributed by atoms with Gasteiger partial charge in [0.05, 0.1) is 5.60 Å². The molecule has 2 atom stereocenters. The lowest BCUT2D eigenvalue weighted by Crippen LogP contribution is -2.43. The summed E-state index contributed by atoms with van der Waals surface area (Å²) >= 11 is 0. The molecule has 0 aliphatic heterocycles. The van der Waals surface area contributed by atoms with Crippen LogP contribution in [0.25, 0.3) is 0 Å². The lowest BCUT2D eigenvalue weighted by Gasteiger charge is -2.29. The van der Waals surface area contributed by atoms with Crippen molar-refractivity contribution in [2.75, 3.05) is 13.1 Å². The molecule has 1 fully saturated rings. The number of hydrogen-bond acceptors (Lipinski definition) is 2. The van der Waals surface area contributed by atoms with Gasteiger partial charge < -0.3 is 10.4 Å². The molecule has 0 saturated heterocycles. The van der Waals surface area contributed by atoms with E-state index in [9.17, 15) is 5.11 Å². The maximum atomic E-state index is 10.2. The van der Waals surface area contributed by atoms with Gasteiger partial charge in [0.25, 0.3) is 0 Å². The molecule has 1 saturated carbocycles. The molecule has 2 N–H and O–H groups in total. The van der Waals surface area contributed by atoms with Crippen molar-refractivity contribution in [1.29, 1.82) is 0 Å². The number of aliphatic hydroxyl groups is 1. The predicted molar refractivity (Wildman–Crippen MR) is 51.1 cm³/mol. The molecule has 1 rings (SSSR count). The second kappa shape index (κ2) is 4.24. The summed E-state index contributed by atoms with van der Waals surface area (Å²) in [6.45, 7) is 5.99. The summed E-state index contributed by atoms with van der Waals surface area (Å²) in [6, 6.07) is 0. The average Bonchev–Trinajstić information content (AvgIpc) is 2.44. The molecule has 0 bridgehead atoms. The molecule has 0 heterocycles.